The highest BCUT2D eigenvalue weighted by Gasteiger charge is 2.42. The molecule has 23 heavy (non-hydrogen) atoms. The summed E-state index contributed by atoms with van der Waals surface area (Å²) in [6.45, 7) is 5.55. The summed E-state index contributed by atoms with van der Waals surface area (Å²) in [6, 6.07) is 0.260. The lowest BCUT2D eigenvalue weighted by Gasteiger charge is -2.33. The summed E-state index contributed by atoms with van der Waals surface area (Å²) in [6.07, 6.45) is 6.83. The second-order valence-electron chi connectivity index (χ2n) is 7.62. The molecule has 1 heterocycles. The van der Waals surface area contributed by atoms with Crippen molar-refractivity contribution in [1.82, 2.24) is 10.2 Å². The number of amides is 2. The fourth-order valence-corrected chi connectivity index (χ4v) is 4.93. The van der Waals surface area contributed by atoms with E-state index in [4.69, 9.17) is 4.74 Å². The van der Waals surface area contributed by atoms with Gasteiger partial charge in [-0.05, 0) is 63.7 Å². The molecule has 2 amide bonds. The zero-order chi connectivity index (χ0) is 16.4. The number of piperidine rings is 1. The fourth-order valence-electron chi connectivity index (χ4n) is 4.93. The Morgan fingerprint density at radius 1 is 1.26 bits per heavy atom. The normalized spacial score (nSPS) is 34.3. The van der Waals surface area contributed by atoms with Gasteiger partial charge in [-0.15, -0.1) is 0 Å². The number of fused-ring (bicyclic) bond motifs is 2. The first-order chi connectivity index (χ1) is 11.1. The highest BCUT2D eigenvalue weighted by molar-refractivity contribution is 5.80. The van der Waals surface area contributed by atoms with Gasteiger partial charge in [0.15, 0.2) is 0 Å². The number of carbonyl (C=O) groups is 2. The predicted octanol–water partition coefficient (Wildman–Crippen LogP) is 2.80. The SMILES string of the molecule is CCOC(=O)N1CCCC(C(=O)NC(C)C2CC3CCC2C3)C1. The van der Waals surface area contributed by atoms with Crippen molar-refractivity contribution in [1.29, 1.82) is 0 Å². The molecule has 2 saturated carbocycles. The largest absolute Gasteiger partial charge is 0.450 e. The molecule has 1 aliphatic heterocycles. The van der Waals surface area contributed by atoms with Crippen molar-refractivity contribution in [2.24, 2.45) is 23.7 Å². The Labute approximate surface area is 139 Å². The summed E-state index contributed by atoms with van der Waals surface area (Å²) < 4.78 is 5.06. The van der Waals surface area contributed by atoms with Crippen LogP contribution in [0.25, 0.3) is 0 Å². The van der Waals surface area contributed by atoms with Gasteiger partial charge in [0.25, 0.3) is 0 Å². The van der Waals surface area contributed by atoms with E-state index in [1.807, 2.05) is 6.92 Å². The third kappa shape index (κ3) is 3.64. The maximum atomic E-state index is 12.6. The van der Waals surface area contributed by atoms with Gasteiger partial charge >= 0.3 is 6.09 Å². The lowest BCUT2D eigenvalue weighted by molar-refractivity contribution is -0.127. The Balaban J connectivity index is 1.50. The van der Waals surface area contributed by atoms with E-state index in [-0.39, 0.29) is 24.0 Å². The molecule has 3 fully saturated rings. The van der Waals surface area contributed by atoms with Crippen LogP contribution in [0.15, 0.2) is 0 Å². The molecule has 0 spiro atoms. The zero-order valence-electron chi connectivity index (χ0n) is 14.4. The zero-order valence-corrected chi connectivity index (χ0v) is 14.4. The van der Waals surface area contributed by atoms with Crippen LogP contribution in [0.4, 0.5) is 4.79 Å². The quantitative estimate of drug-likeness (QED) is 0.866. The van der Waals surface area contributed by atoms with Crippen molar-refractivity contribution in [3.8, 4) is 0 Å². The number of nitrogens with one attached hydrogen (secondary N) is 1. The standard InChI is InChI=1S/C18H30N2O3/c1-3-23-18(22)20-8-4-5-15(11-20)17(21)19-12(2)16-10-13-6-7-14(16)9-13/h12-16H,3-11H2,1-2H3,(H,19,21). The molecule has 0 aromatic rings. The molecule has 5 heteroatoms. The monoisotopic (exact) mass is 322 g/mol. The average molecular weight is 322 g/mol. The van der Waals surface area contributed by atoms with Crippen LogP contribution in [0.1, 0.15) is 52.4 Å². The van der Waals surface area contributed by atoms with Gasteiger partial charge in [-0.1, -0.05) is 6.42 Å². The van der Waals surface area contributed by atoms with Crippen molar-refractivity contribution in [3.05, 3.63) is 0 Å². The van der Waals surface area contributed by atoms with E-state index in [0.29, 0.717) is 25.6 Å². The number of carbonyl (C=O) groups excluding carboxylic acids is 2. The molecule has 5 nitrogen and oxygen atoms in total. The molecule has 130 valence electrons. The first-order valence-corrected chi connectivity index (χ1v) is 9.30. The first kappa shape index (κ1) is 16.6. The minimum atomic E-state index is -0.286. The third-order valence-corrected chi connectivity index (χ3v) is 6.12. The molecule has 0 aromatic carbocycles. The minimum Gasteiger partial charge on any atom is -0.450 e. The van der Waals surface area contributed by atoms with Crippen LogP contribution >= 0.6 is 0 Å². The van der Waals surface area contributed by atoms with E-state index in [9.17, 15) is 9.59 Å². The van der Waals surface area contributed by atoms with Crippen molar-refractivity contribution in [2.45, 2.75) is 58.4 Å². The van der Waals surface area contributed by atoms with Crippen LogP contribution < -0.4 is 5.32 Å². The smallest absolute Gasteiger partial charge is 0.409 e. The molecule has 2 bridgehead atoms. The van der Waals surface area contributed by atoms with Crippen molar-refractivity contribution < 1.29 is 14.3 Å². The Kier molecular flexibility index (Phi) is 5.12. The minimum absolute atomic E-state index is 0.0887. The van der Waals surface area contributed by atoms with Crippen LogP contribution in [0.2, 0.25) is 0 Å². The van der Waals surface area contributed by atoms with E-state index >= 15 is 0 Å². The highest BCUT2D eigenvalue weighted by atomic mass is 16.6. The number of ether oxygens (including phenoxy) is 1. The summed E-state index contributed by atoms with van der Waals surface area (Å²) in [7, 11) is 0. The lowest BCUT2D eigenvalue weighted by atomic mass is 9.83. The highest BCUT2D eigenvalue weighted by Crippen LogP contribution is 2.49. The van der Waals surface area contributed by atoms with Gasteiger partial charge < -0.3 is 15.0 Å². The number of rotatable bonds is 4. The Morgan fingerprint density at radius 3 is 2.74 bits per heavy atom. The predicted molar refractivity (Wildman–Crippen MR) is 87.9 cm³/mol. The van der Waals surface area contributed by atoms with Crippen molar-refractivity contribution >= 4 is 12.0 Å². The second kappa shape index (κ2) is 7.10. The summed E-state index contributed by atoms with van der Waals surface area (Å²) in [5.74, 6) is 2.40. The summed E-state index contributed by atoms with van der Waals surface area (Å²) in [5.41, 5.74) is 0. The van der Waals surface area contributed by atoms with E-state index in [0.717, 1.165) is 24.7 Å². The Bertz CT molecular complexity index is 454. The average Bonchev–Trinajstić information content (AvgIpc) is 3.18. The van der Waals surface area contributed by atoms with Gasteiger partial charge in [0.1, 0.15) is 0 Å². The maximum Gasteiger partial charge on any atom is 0.409 e. The second-order valence-corrected chi connectivity index (χ2v) is 7.62. The number of hydrogen-bond donors (Lipinski definition) is 1. The molecule has 0 radical (unpaired) electrons. The molecule has 3 aliphatic rings. The van der Waals surface area contributed by atoms with Gasteiger partial charge in [-0.3, -0.25) is 4.79 Å². The van der Waals surface area contributed by atoms with E-state index < -0.39 is 0 Å². The third-order valence-electron chi connectivity index (χ3n) is 6.12. The van der Waals surface area contributed by atoms with Crippen molar-refractivity contribution in [3.63, 3.8) is 0 Å². The molecule has 1 saturated heterocycles. The molecule has 2 aliphatic carbocycles. The molecule has 0 aromatic heterocycles. The van der Waals surface area contributed by atoms with Gasteiger partial charge in [-0.25, -0.2) is 4.79 Å². The Hall–Kier alpha value is -1.26. The molecule has 5 unspecified atom stereocenters. The molecular formula is C18H30N2O3. The Morgan fingerprint density at radius 2 is 2.09 bits per heavy atom. The van der Waals surface area contributed by atoms with Crippen LogP contribution in [0, 0.1) is 23.7 Å². The van der Waals surface area contributed by atoms with E-state index in [2.05, 4.69) is 12.2 Å². The number of likely N-dealkylation sites (tertiary alicyclic amines) is 1. The fraction of sp³-hybridized carbons (Fsp3) is 0.889. The number of hydrogen-bond acceptors (Lipinski definition) is 3. The topological polar surface area (TPSA) is 58.6 Å². The summed E-state index contributed by atoms with van der Waals surface area (Å²) in [5, 5.41) is 3.25. The lowest BCUT2D eigenvalue weighted by Crippen LogP contribution is -2.49. The summed E-state index contributed by atoms with van der Waals surface area (Å²) >= 11 is 0. The van der Waals surface area contributed by atoms with Crippen molar-refractivity contribution in [2.75, 3.05) is 19.7 Å². The molecule has 3 rings (SSSR count). The van der Waals surface area contributed by atoms with Crippen LogP contribution in [0.3, 0.4) is 0 Å². The van der Waals surface area contributed by atoms with Crippen LogP contribution in [-0.4, -0.2) is 42.6 Å². The molecular weight excluding hydrogens is 292 g/mol. The molecule has 1 N–H and O–H groups in total. The maximum absolute atomic E-state index is 12.6. The van der Waals surface area contributed by atoms with Gasteiger partial charge in [-0.2, -0.15) is 0 Å². The van der Waals surface area contributed by atoms with Gasteiger partial charge in [0.05, 0.1) is 12.5 Å². The first-order valence-electron chi connectivity index (χ1n) is 9.30. The van der Waals surface area contributed by atoms with E-state index in [1.165, 1.54) is 25.7 Å². The van der Waals surface area contributed by atoms with Gasteiger partial charge in [0, 0.05) is 19.1 Å². The van der Waals surface area contributed by atoms with Crippen LogP contribution in [0.5, 0.6) is 0 Å². The van der Waals surface area contributed by atoms with Gasteiger partial charge in [0.2, 0.25) is 5.91 Å². The van der Waals surface area contributed by atoms with Crippen LogP contribution in [-0.2, 0) is 9.53 Å². The molecule has 5 atom stereocenters. The number of nitrogens with zero attached hydrogens (tertiary/aromatic N) is 1. The summed E-state index contributed by atoms with van der Waals surface area (Å²) in [4.78, 5) is 26.1. The van der Waals surface area contributed by atoms with E-state index in [1.54, 1.807) is 4.90 Å².